The highest BCUT2D eigenvalue weighted by molar-refractivity contribution is 6.06. The Morgan fingerprint density at radius 2 is 2.14 bits per heavy atom. The Morgan fingerprint density at radius 3 is 2.97 bits per heavy atom. The van der Waals surface area contributed by atoms with Gasteiger partial charge in [0.15, 0.2) is 0 Å². The lowest BCUT2D eigenvalue weighted by molar-refractivity contribution is -0.122. The molecular weight excluding hydrogens is 368 g/mol. The number of carbonyl (C=O) groups is 2. The van der Waals surface area contributed by atoms with Crippen LogP contribution in [0, 0.1) is 0 Å². The van der Waals surface area contributed by atoms with Gasteiger partial charge < -0.3 is 15.0 Å². The third-order valence-electron chi connectivity index (χ3n) is 5.86. The monoisotopic (exact) mass is 398 g/mol. The normalized spacial score (nSPS) is 19.7. The third-order valence-corrected chi connectivity index (χ3v) is 5.86. The molecular formula is C22H30N4O3. The van der Waals surface area contributed by atoms with Gasteiger partial charge >= 0.3 is 0 Å². The zero-order chi connectivity index (χ0) is 20.2. The maximum atomic E-state index is 12.2. The number of hydrogen-bond acceptors (Lipinski definition) is 5. The Labute approximate surface area is 171 Å². The molecule has 0 aromatic heterocycles. The lowest BCUT2D eigenvalue weighted by Crippen LogP contribution is -2.36. The maximum Gasteiger partial charge on any atom is 0.246 e. The van der Waals surface area contributed by atoms with Crippen molar-refractivity contribution < 1.29 is 14.3 Å². The van der Waals surface area contributed by atoms with Crippen LogP contribution in [-0.4, -0.2) is 41.4 Å². The van der Waals surface area contributed by atoms with Gasteiger partial charge in [-0.2, -0.15) is 0 Å². The second-order valence-electron chi connectivity index (χ2n) is 8.33. The van der Waals surface area contributed by atoms with Crippen LogP contribution < -0.4 is 15.4 Å². The van der Waals surface area contributed by atoms with Crippen molar-refractivity contribution in [3.63, 3.8) is 0 Å². The number of carbonyl (C=O) groups excluding carboxylic acids is 2. The Morgan fingerprint density at radius 1 is 1.31 bits per heavy atom. The molecule has 0 bridgehead atoms. The van der Waals surface area contributed by atoms with Gasteiger partial charge in [-0.05, 0) is 38.7 Å². The molecule has 2 fully saturated rings. The molecule has 1 aromatic carbocycles. The number of ether oxygens (including phenoxy) is 1. The smallest absolute Gasteiger partial charge is 0.246 e. The summed E-state index contributed by atoms with van der Waals surface area (Å²) in [6.45, 7) is 3.03. The number of aliphatic imine (C=N–C) groups is 1. The first-order chi connectivity index (χ1) is 14.1. The van der Waals surface area contributed by atoms with E-state index in [1.807, 2.05) is 30.0 Å². The largest absolute Gasteiger partial charge is 0.488 e. The summed E-state index contributed by atoms with van der Waals surface area (Å²) in [7, 11) is 0. The van der Waals surface area contributed by atoms with Gasteiger partial charge in [0.1, 0.15) is 18.0 Å². The Kier molecular flexibility index (Phi) is 6.02. The minimum absolute atomic E-state index is 0.0135. The standard InChI is InChI=1S/C22H30N4O3/c1-15(7-5-12-19(27)23-17-9-3-2-4-10-17)29-18-11-6-8-16-13-26-14-20(28)24-22(26)25-21(16)18/h6,8,11,15,17H,2-5,7,9-10,12-14H2,1H3,(H,23,27)(H,24,25,28). The molecule has 0 spiro atoms. The van der Waals surface area contributed by atoms with Crippen LogP contribution in [0.3, 0.4) is 0 Å². The summed E-state index contributed by atoms with van der Waals surface area (Å²) in [5, 5.41) is 5.97. The van der Waals surface area contributed by atoms with E-state index in [1.54, 1.807) is 0 Å². The first-order valence-electron chi connectivity index (χ1n) is 10.8. The molecule has 29 heavy (non-hydrogen) atoms. The van der Waals surface area contributed by atoms with Crippen molar-refractivity contribution in [1.29, 1.82) is 0 Å². The van der Waals surface area contributed by atoms with Crippen molar-refractivity contribution in [3.8, 4) is 5.75 Å². The summed E-state index contributed by atoms with van der Waals surface area (Å²) >= 11 is 0. The number of para-hydroxylation sites is 1. The van der Waals surface area contributed by atoms with E-state index in [0.717, 1.165) is 42.7 Å². The number of amides is 2. The van der Waals surface area contributed by atoms with E-state index in [-0.39, 0.29) is 17.9 Å². The molecule has 3 aliphatic rings. The van der Waals surface area contributed by atoms with Crippen LogP contribution in [0.5, 0.6) is 5.75 Å². The summed E-state index contributed by atoms with van der Waals surface area (Å²) in [5.41, 5.74) is 1.85. The maximum absolute atomic E-state index is 12.2. The van der Waals surface area contributed by atoms with E-state index in [0.29, 0.717) is 31.5 Å². The lowest BCUT2D eigenvalue weighted by Gasteiger charge is -2.25. The fourth-order valence-corrected chi connectivity index (χ4v) is 4.32. The van der Waals surface area contributed by atoms with Gasteiger partial charge in [-0.3, -0.25) is 14.9 Å². The second kappa shape index (κ2) is 8.84. The van der Waals surface area contributed by atoms with Crippen molar-refractivity contribution in [2.75, 3.05) is 6.54 Å². The molecule has 1 saturated heterocycles. The van der Waals surface area contributed by atoms with Gasteiger partial charge in [-0.15, -0.1) is 0 Å². The summed E-state index contributed by atoms with van der Waals surface area (Å²) in [6.07, 6.45) is 8.11. The van der Waals surface area contributed by atoms with Gasteiger partial charge in [-0.25, -0.2) is 4.99 Å². The lowest BCUT2D eigenvalue weighted by atomic mass is 9.95. The Balaban J connectivity index is 1.27. The van der Waals surface area contributed by atoms with Crippen LogP contribution in [-0.2, 0) is 16.1 Å². The molecule has 2 heterocycles. The highest BCUT2D eigenvalue weighted by Gasteiger charge is 2.30. The molecule has 7 nitrogen and oxygen atoms in total. The summed E-state index contributed by atoms with van der Waals surface area (Å²) in [4.78, 5) is 30.3. The van der Waals surface area contributed by atoms with Gasteiger partial charge in [0.05, 0.1) is 6.10 Å². The van der Waals surface area contributed by atoms with Gasteiger partial charge in [0, 0.05) is 24.6 Å². The first kappa shape index (κ1) is 19.7. The topological polar surface area (TPSA) is 83.0 Å². The molecule has 1 aromatic rings. The fourth-order valence-electron chi connectivity index (χ4n) is 4.32. The van der Waals surface area contributed by atoms with Crippen molar-refractivity contribution in [3.05, 3.63) is 23.8 Å². The van der Waals surface area contributed by atoms with E-state index in [2.05, 4.69) is 15.6 Å². The SMILES string of the molecule is CC(CCCC(=O)NC1CCCCC1)Oc1cccc2c1N=C1NC(=O)CN1C2. The minimum Gasteiger partial charge on any atom is -0.488 e. The molecule has 156 valence electrons. The van der Waals surface area contributed by atoms with Crippen LogP contribution in [0.2, 0.25) is 0 Å². The number of nitrogens with zero attached hydrogens (tertiary/aromatic N) is 2. The molecule has 1 unspecified atom stereocenters. The van der Waals surface area contributed by atoms with Crippen molar-refractivity contribution in [2.45, 2.75) is 77.0 Å². The van der Waals surface area contributed by atoms with Crippen LogP contribution in [0.4, 0.5) is 5.69 Å². The summed E-state index contributed by atoms with van der Waals surface area (Å²) in [6, 6.07) is 6.27. The zero-order valence-electron chi connectivity index (χ0n) is 17.1. The van der Waals surface area contributed by atoms with Crippen molar-refractivity contribution >= 4 is 23.5 Å². The van der Waals surface area contributed by atoms with Crippen LogP contribution in [0.1, 0.15) is 63.9 Å². The van der Waals surface area contributed by atoms with E-state index < -0.39 is 0 Å². The van der Waals surface area contributed by atoms with Crippen molar-refractivity contribution in [1.82, 2.24) is 15.5 Å². The van der Waals surface area contributed by atoms with Gasteiger partial charge in [0.2, 0.25) is 17.8 Å². The van der Waals surface area contributed by atoms with Crippen LogP contribution in [0.15, 0.2) is 23.2 Å². The van der Waals surface area contributed by atoms with Crippen LogP contribution >= 0.6 is 0 Å². The molecule has 0 radical (unpaired) electrons. The fraction of sp³-hybridized carbons (Fsp3) is 0.591. The average molecular weight is 399 g/mol. The quantitative estimate of drug-likeness (QED) is 0.740. The molecule has 2 aliphatic heterocycles. The average Bonchev–Trinajstić information content (AvgIpc) is 3.06. The van der Waals surface area contributed by atoms with E-state index in [9.17, 15) is 9.59 Å². The molecule has 1 atom stereocenters. The molecule has 2 amide bonds. The molecule has 7 heteroatoms. The van der Waals surface area contributed by atoms with E-state index in [1.165, 1.54) is 19.3 Å². The molecule has 1 aliphatic carbocycles. The van der Waals surface area contributed by atoms with E-state index >= 15 is 0 Å². The number of fused-ring (bicyclic) bond motifs is 2. The highest BCUT2D eigenvalue weighted by Crippen LogP contribution is 2.36. The third kappa shape index (κ3) is 4.89. The number of hydrogen-bond donors (Lipinski definition) is 2. The first-order valence-corrected chi connectivity index (χ1v) is 10.8. The molecule has 4 rings (SSSR count). The highest BCUT2D eigenvalue weighted by atomic mass is 16.5. The van der Waals surface area contributed by atoms with Crippen LogP contribution in [0.25, 0.3) is 0 Å². The summed E-state index contributed by atoms with van der Waals surface area (Å²) < 4.78 is 6.15. The molecule has 1 saturated carbocycles. The molecule has 2 N–H and O–H groups in total. The van der Waals surface area contributed by atoms with Gasteiger partial charge in [0.25, 0.3) is 0 Å². The number of guanidine groups is 1. The number of rotatable bonds is 7. The van der Waals surface area contributed by atoms with E-state index in [4.69, 9.17) is 4.74 Å². The Bertz CT molecular complexity index is 801. The Hall–Kier alpha value is -2.57. The van der Waals surface area contributed by atoms with Gasteiger partial charge in [-0.1, -0.05) is 31.4 Å². The zero-order valence-corrected chi connectivity index (χ0v) is 17.1. The summed E-state index contributed by atoms with van der Waals surface area (Å²) in [5.74, 6) is 1.46. The predicted octanol–water partition coefficient (Wildman–Crippen LogP) is 3.01. The number of benzene rings is 1. The predicted molar refractivity (Wildman–Crippen MR) is 111 cm³/mol. The number of nitrogens with one attached hydrogen (secondary N) is 2. The second-order valence-corrected chi connectivity index (χ2v) is 8.33. The van der Waals surface area contributed by atoms with Crippen molar-refractivity contribution in [2.24, 2.45) is 4.99 Å². The minimum atomic E-state index is -0.0288.